The Labute approximate surface area is 140 Å². The molecule has 0 spiro atoms. The van der Waals surface area contributed by atoms with Crippen molar-refractivity contribution in [2.75, 3.05) is 52.7 Å². The Kier molecular flexibility index (Phi) is 13.7. The largest absolute Gasteiger partial charge is 0.452 e. The summed E-state index contributed by atoms with van der Waals surface area (Å²) >= 11 is 0. The maximum absolute atomic E-state index is 10.3. The molecule has 0 aromatic heterocycles. The van der Waals surface area contributed by atoms with Crippen molar-refractivity contribution in [1.82, 2.24) is 14.7 Å². The molecule has 1 aliphatic heterocycles. The Hall–Kier alpha value is -1.18. The average Bonchev–Trinajstić information content (AvgIpc) is 2.62. The summed E-state index contributed by atoms with van der Waals surface area (Å²) in [6, 6.07) is 0.454. The third kappa shape index (κ3) is 11.1. The monoisotopic (exact) mass is 331 g/mol. The van der Waals surface area contributed by atoms with Gasteiger partial charge in [0.25, 0.3) is 12.9 Å². The number of carbonyl (C=O) groups is 2. The highest BCUT2D eigenvalue weighted by atomic mass is 16.5. The third-order valence-corrected chi connectivity index (χ3v) is 3.52. The molecular weight excluding hydrogens is 298 g/mol. The maximum atomic E-state index is 10.3. The number of ether oxygens (including phenoxy) is 2. The highest BCUT2D eigenvalue weighted by molar-refractivity contribution is 5.37. The van der Waals surface area contributed by atoms with Crippen molar-refractivity contribution >= 4 is 12.9 Å². The molecule has 0 radical (unpaired) electrons. The molecule has 0 bridgehead atoms. The fraction of sp³-hybridized carbons (Fsp3) is 0.875. The van der Waals surface area contributed by atoms with Crippen LogP contribution in [-0.2, 0) is 19.1 Å². The van der Waals surface area contributed by atoms with E-state index in [4.69, 9.17) is 9.47 Å². The summed E-state index contributed by atoms with van der Waals surface area (Å²) in [6.45, 7) is 15.3. The first-order valence-corrected chi connectivity index (χ1v) is 8.38. The molecule has 1 heterocycles. The molecule has 0 aromatic carbocycles. The van der Waals surface area contributed by atoms with Gasteiger partial charge < -0.3 is 9.47 Å². The molecule has 0 N–H and O–H groups in total. The van der Waals surface area contributed by atoms with Crippen LogP contribution in [0.4, 0.5) is 0 Å². The van der Waals surface area contributed by atoms with Crippen LogP contribution in [-0.4, -0.2) is 86.4 Å². The predicted octanol–water partition coefficient (Wildman–Crippen LogP) is 0.992. The van der Waals surface area contributed by atoms with Crippen molar-refractivity contribution in [3.8, 4) is 0 Å². The number of carbonyl (C=O) groups excluding carboxylic acids is 2. The topological polar surface area (TPSA) is 62.3 Å². The van der Waals surface area contributed by atoms with Gasteiger partial charge in [0.1, 0.15) is 13.5 Å². The molecule has 1 saturated heterocycles. The standard InChI is InChI=1S/C13H25N3O4.C3H8/c1-13(2)16-7-5-14(9-19-11-17)3-4-15(6-8-16)10-20-12-18;1-3-2/h11-13H,3-10H2,1-2H3;3H2,1-2H3. The summed E-state index contributed by atoms with van der Waals surface area (Å²) in [5.41, 5.74) is 0. The first-order chi connectivity index (χ1) is 11.1. The van der Waals surface area contributed by atoms with E-state index in [2.05, 4.69) is 42.4 Å². The van der Waals surface area contributed by atoms with E-state index >= 15 is 0 Å². The van der Waals surface area contributed by atoms with E-state index in [1.807, 2.05) is 0 Å². The van der Waals surface area contributed by atoms with Gasteiger partial charge in [-0.1, -0.05) is 20.3 Å². The van der Waals surface area contributed by atoms with E-state index in [-0.39, 0.29) is 0 Å². The zero-order valence-electron chi connectivity index (χ0n) is 15.1. The first-order valence-electron chi connectivity index (χ1n) is 8.38. The van der Waals surface area contributed by atoms with Crippen LogP contribution in [0.15, 0.2) is 0 Å². The Balaban J connectivity index is 0.00000149. The normalized spacial score (nSPS) is 18.1. The van der Waals surface area contributed by atoms with E-state index in [0.29, 0.717) is 32.4 Å². The van der Waals surface area contributed by atoms with Gasteiger partial charge in [0.05, 0.1) is 0 Å². The van der Waals surface area contributed by atoms with E-state index in [1.165, 1.54) is 6.42 Å². The second kappa shape index (κ2) is 14.4. The van der Waals surface area contributed by atoms with Crippen molar-refractivity contribution < 1.29 is 19.1 Å². The summed E-state index contributed by atoms with van der Waals surface area (Å²) in [7, 11) is 0. The molecule has 0 unspecified atom stereocenters. The highest BCUT2D eigenvalue weighted by Gasteiger charge is 2.18. The molecule has 0 aliphatic carbocycles. The van der Waals surface area contributed by atoms with Crippen molar-refractivity contribution in [3.05, 3.63) is 0 Å². The molecule has 7 nitrogen and oxygen atoms in total. The minimum atomic E-state index is 0.303. The summed E-state index contributed by atoms with van der Waals surface area (Å²) < 4.78 is 9.69. The highest BCUT2D eigenvalue weighted by Crippen LogP contribution is 2.04. The van der Waals surface area contributed by atoms with Crippen LogP contribution in [0.3, 0.4) is 0 Å². The maximum Gasteiger partial charge on any atom is 0.294 e. The van der Waals surface area contributed by atoms with E-state index in [9.17, 15) is 9.59 Å². The van der Waals surface area contributed by atoms with Gasteiger partial charge in [-0.25, -0.2) is 0 Å². The van der Waals surface area contributed by atoms with Crippen molar-refractivity contribution in [1.29, 1.82) is 0 Å². The number of hydrogen-bond acceptors (Lipinski definition) is 7. The van der Waals surface area contributed by atoms with Crippen LogP contribution in [0.25, 0.3) is 0 Å². The van der Waals surface area contributed by atoms with Crippen molar-refractivity contribution in [2.24, 2.45) is 0 Å². The van der Waals surface area contributed by atoms with Crippen molar-refractivity contribution in [2.45, 2.75) is 40.2 Å². The Morgan fingerprint density at radius 2 is 1.17 bits per heavy atom. The van der Waals surface area contributed by atoms with Gasteiger partial charge in [-0.05, 0) is 13.8 Å². The summed E-state index contributed by atoms with van der Waals surface area (Å²) in [5.74, 6) is 0. The van der Waals surface area contributed by atoms with Gasteiger partial charge in [0, 0.05) is 45.3 Å². The lowest BCUT2D eigenvalue weighted by molar-refractivity contribution is -0.135. The second-order valence-electron chi connectivity index (χ2n) is 5.86. The molecule has 0 amide bonds. The van der Waals surface area contributed by atoms with Gasteiger partial charge in [-0.3, -0.25) is 24.3 Å². The van der Waals surface area contributed by atoms with E-state index in [1.54, 1.807) is 0 Å². The zero-order chi connectivity index (χ0) is 17.5. The SMILES string of the molecule is CC(C)N1CCN(COC=O)CCN(COC=O)CC1.CCC. The van der Waals surface area contributed by atoms with Gasteiger partial charge in [0.2, 0.25) is 0 Å². The van der Waals surface area contributed by atoms with Gasteiger partial charge in [-0.15, -0.1) is 0 Å². The van der Waals surface area contributed by atoms with Crippen LogP contribution in [0, 0.1) is 0 Å². The van der Waals surface area contributed by atoms with Crippen LogP contribution >= 0.6 is 0 Å². The van der Waals surface area contributed by atoms with E-state index in [0.717, 1.165) is 39.3 Å². The minimum Gasteiger partial charge on any atom is -0.452 e. The Morgan fingerprint density at radius 1 is 0.826 bits per heavy atom. The molecule has 0 saturated carbocycles. The van der Waals surface area contributed by atoms with Crippen molar-refractivity contribution in [3.63, 3.8) is 0 Å². The smallest absolute Gasteiger partial charge is 0.294 e. The fourth-order valence-electron chi connectivity index (χ4n) is 2.20. The van der Waals surface area contributed by atoms with Crippen LogP contribution in [0.2, 0.25) is 0 Å². The Morgan fingerprint density at radius 3 is 1.48 bits per heavy atom. The third-order valence-electron chi connectivity index (χ3n) is 3.52. The number of hydrogen-bond donors (Lipinski definition) is 0. The van der Waals surface area contributed by atoms with Gasteiger partial charge >= 0.3 is 0 Å². The van der Waals surface area contributed by atoms with Crippen LogP contribution in [0.1, 0.15) is 34.1 Å². The molecule has 136 valence electrons. The molecule has 23 heavy (non-hydrogen) atoms. The first kappa shape index (κ1) is 21.8. The quantitative estimate of drug-likeness (QED) is 0.645. The van der Waals surface area contributed by atoms with Gasteiger partial charge in [-0.2, -0.15) is 0 Å². The molecule has 7 heteroatoms. The molecule has 0 atom stereocenters. The molecule has 0 aromatic rings. The summed E-state index contributed by atoms with van der Waals surface area (Å²) in [5, 5.41) is 0. The lowest BCUT2D eigenvalue weighted by Crippen LogP contribution is -2.40. The summed E-state index contributed by atoms with van der Waals surface area (Å²) in [4.78, 5) is 27.2. The second-order valence-corrected chi connectivity index (χ2v) is 5.86. The predicted molar refractivity (Wildman–Crippen MR) is 89.9 cm³/mol. The molecule has 1 fully saturated rings. The molecule has 1 rings (SSSR count). The lowest BCUT2D eigenvalue weighted by Gasteiger charge is -2.28. The average molecular weight is 331 g/mol. The fourth-order valence-corrected chi connectivity index (χ4v) is 2.20. The van der Waals surface area contributed by atoms with Gasteiger partial charge in [0.15, 0.2) is 0 Å². The number of rotatable bonds is 7. The number of nitrogens with zero attached hydrogens (tertiary/aromatic N) is 3. The van der Waals surface area contributed by atoms with Crippen LogP contribution in [0.5, 0.6) is 0 Å². The lowest BCUT2D eigenvalue weighted by atomic mass is 10.3. The van der Waals surface area contributed by atoms with E-state index < -0.39 is 0 Å². The molecular formula is C16H33N3O4. The van der Waals surface area contributed by atoms with Crippen LogP contribution < -0.4 is 0 Å². The zero-order valence-corrected chi connectivity index (χ0v) is 15.1. The molecule has 1 aliphatic rings. The summed E-state index contributed by atoms with van der Waals surface area (Å²) in [6.07, 6.45) is 1.25. The minimum absolute atomic E-state index is 0.303. The Bertz CT molecular complexity index is 279.